The fourth-order valence-electron chi connectivity index (χ4n) is 2.00. The predicted molar refractivity (Wildman–Crippen MR) is 57.9 cm³/mol. The minimum absolute atomic E-state index is 0.00519. The zero-order valence-corrected chi connectivity index (χ0v) is 9.02. The van der Waals surface area contributed by atoms with Crippen LogP contribution in [0.3, 0.4) is 0 Å². The van der Waals surface area contributed by atoms with Gasteiger partial charge in [-0.15, -0.1) is 0 Å². The smallest absolute Gasteiger partial charge is 0.145 e. The van der Waals surface area contributed by atoms with E-state index in [1.165, 1.54) is 6.07 Å². The molecule has 1 aromatic rings. The van der Waals surface area contributed by atoms with Crippen LogP contribution in [0, 0.1) is 5.82 Å². The van der Waals surface area contributed by atoms with E-state index in [4.69, 9.17) is 11.6 Å². The number of phenols is 1. The zero-order chi connectivity index (χ0) is 10.8. The molecule has 0 saturated carbocycles. The van der Waals surface area contributed by atoms with Gasteiger partial charge in [0.05, 0.1) is 5.02 Å². The van der Waals surface area contributed by atoms with Gasteiger partial charge in [0.15, 0.2) is 0 Å². The van der Waals surface area contributed by atoms with Crippen LogP contribution in [0.1, 0.15) is 24.3 Å². The topological polar surface area (TPSA) is 32.3 Å². The molecule has 2 nitrogen and oxygen atoms in total. The Morgan fingerprint density at radius 2 is 2.27 bits per heavy atom. The molecule has 0 bridgehead atoms. The minimum Gasteiger partial charge on any atom is -0.508 e. The van der Waals surface area contributed by atoms with Crippen molar-refractivity contribution in [2.45, 2.75) is 18.8 Å². The van der Waals surface area contributed by atoms with Gasteiger partial charge in [-0.25, -0.2) is 4.39 Å². The number of hydrogen-bond donors (Lipinski definition) is 2. The first kappa shape index (κ1) is 10.7. The number of phenolic OH excluding ortho intramolecular Hbond substituents is 1. The van der Waals surface area contributed by atoms with Crippen molar-refractivity contribution in [3.05, 3.63) is 28.5 Å². The van der Waals surface area contributed by atoms with Gasteiger partial charge in [-0.05, 0) is 31.0 Å². The Labute approximate surface area is 93.1 Å². The van der Waals surface area contributed by atoms with Crippen molar-refractivity contribution in [3.63, 3.8) is 0 Å². The first-order chi connectivity index (χ1) is 7.18. The molecule has 0 aromatic heterocycles. The molecule has 1 unspecified atom stereocenters. The third-order valence-corrected chi connectivity index (χ3v) is 3.10. The van der Waals surface area contributed by atoms with Gasteiger partial charge in [0, 0.05) is 18.5 Å². The molecule has 0 amide bonds. The summed E-state index contributed by atoms with van der Waals surface area (Å²) in [6.07, 6.45) is 2.07. The first-order valence-electron chi connectivity index (χ1n) is 5.07. The molecule has 1 aliphatic rings. The second kappa shape index (κ2) is 4.37. The Balaban J connectivity index is 2.30. The van der Waals surface area contributed by atoms with Gasteiger partial charge in [-0.2, -0.15) is 0 Å². The number of nitrogens with one attached hydrogen (secondary N) is 1. The lowest BCUT2D eigenvalue weighted by molar-refractivity contribution is 0.422. The van der Waals surface area contributed by atoms with E-state index in [-0.39, 0.29) is 16.7 Å². The normalized spacial score (nSPS) is 21.6. The molecule has 2 N–H and O–H groups in total. The lowest BCUT2D eigenvalue weighted by Gasteiger charge is -2.23. The lowest BCUT2D eigenvalue weighted by Crippen LogP contribution is -2.28. The Bertz CT molecular complexity index is 364. The summed E-state index contributed by atoms with van der Waals surface area (Å²) in [7, 11) is 0. The Morgan fingerprint density at radius 1 is 1.47 bits per heavy atom. The monoisotopic (exact) mass is 229 g/mol. The second-order valence-corrected chi connectivity index (χ2v) is 4.28. The highest BCUT2D eigenvalue weighted by molar-refractivity contribution is 6.30. The van der Waals surface area contributed by atoms with E-state index in [0.29, 0.717) is 0 Å². The molecule has 4 heteroatoms. The number of hydrogen-bond acceptors (Lipinski definition) is 2. The molecule has 0 aliphatic carbocycles. The Hall–Kier alpha value is -0.800. The van der Waals surface area contributed by atoms with Crippen LogP contribution < -0.4 is 5.32 Å². The third kappa shape index (κ3) is 2.24. The molecular weight excluding hydrogens is 217 g/mol. The van der Waals surface area contributed by atoms with Gasteiger partial charge < -0.3 is 10.4 Å². The quantitative estimate of drug-likeness (QED) is 0.776. The first-order valence-corrected chi connectivity index (χ1v) is 5.45. The van der Waals surface area contributed by atoms with Gasteiger partial charge in [0.1, 0.15) is 11.6 Å². The SMILES string of the molecule is Oc1cc(F)c(Cl)cc1C1CCCNC1. The van der Waals surface area contributed by atoms with Crippen LogP contribution in [0.2, 0.25) is 5.02 Å². The Kier molecular flexibility index (Phi) is 3.12. The number of halogens is 2. The zero-order valence-electron chi connectivity index (χ0n) is 8.26. The summed E-state index contributed by atoms with van der Waals surface area (Å²) in [5.41, 5.74) is 0.744. The molecule has 1 aliphatic heterocycles. The predicted octanol–water partition coefficient (Wildman–Crippen LogP) is 2.65. The highest BCUT2D eigenvalue weighted by atomic mass is 35.5. The molecule has 15 heavy (non-hydrogen) atoms. The van der Waals surface area contributed by atoms with Crippen molar-refractivity contribution in [3.8, 4) is 5.75 Å². The number of rotatable bonds is 1. The summed E-state index contributed by atoms with van der Waals surface area (Å²) < 4.78 is 13.0. The summed E-state index contributed by atoms with van der Waals surface area (Å²) in [5, 5.41) is 13.0. The molecular formula is C11H13ClFNO. The average molecular weight is 230 g/mol. The van der Waals surface area contributed by atoms with Crippen molar-refractivity contribution >= 4 is 11.6 Å². The number of benzene rings is 1. The van der Waals surface area contributed by atoms with Crippen LogP contribution >= 0.6 is 11.6 Å². The maximum atomic E-state index is 13.0. The van der Waals surface area contributed by atoms with E-state index in [2.05, 4.69) is 5.32 Å². The maximum Gasteiger partial charge on any atom is 0.145 e. The minimum atomic E-state index is -0.568. The fraction of sp³-hybridized carbons (Fsp3) is 0.455. The lowest BCUT2D eigenvalue weighted by atomic mass is 9.91. The van der Waals surface area contributed by atoms with Gasteiger partial charge >= 0.3 is 0 Å². The maximum absolute atomic E-state index is 13.0. The molecule has 1 aromatic carbocycles. The summed E-state index contributed by atoms with van der Waals surface area (Å²) in [5.74, 6) is -0.330. The largest absolute Gasteiger partial charge is 0.508 e. The molecule has 0 spiro atoms. The van der Waals surface area contributed by atoms with Crippen molar-refractivity contribution in [2.24, 2.45) is 0 Å². The van der Waals surface area contributed by atoms with E-state index in [0.717, 1.165) is 37.6 Å². The van der Waals surface area contributed by atoms with Crippen molar-refractivity contribution < 1.29 is 9.50 Å². The van der Waals surface area contributed by atoms with E-state index in [1.807, 2.05) is 0 Å². The molecule has 0 radical (unpaired) electrons. The van der Waals surface area contributed by atoms with Crippen molar-refractivity contribution in [1.29, 1.82) is 0 Å². The Morgan fingerprint density at radius 3 is 2.93 bits per heavy atom. The van der Waals surface area contributed by atoms with Gasteiger partial charge in [0.25, 0.3) is 0 Å². The second-order valence-electron chi connectivity index (χ2n) is 3.87. The van der Waals surface area contributed by atoms with E-state index in [1.54, 1.807) is 0 Å². The molecule has 82 valence electrons. The number of aromatic hydroxyl groups is 1. The van der Waals surface area contributed by atoms with Gasteiger partial charge in [-0.1, -0.05) is 11.6 Å². The highest BCUT2D eigenvalue weighted by Crippen LogP contribution is 2.33. The van der Waals surface area contributed by atoms with Crippen molar-refractivity contribution in [1.82, 2.24) is 5.32 Å². The molecule has 1 saturated heterocycles. The van der Waals surface area contributed by atoms with Crippen LogP contribution in [0.4, 0.5) is 4.39 Å². The molecule has 1 heterocycles. The van der Waals surface area contributed by atoms with Crippen LogP contribution in [-0.2, 0) is 0 Å². The fourth-order valence-corrected chi connectivity index (χ4v) is 2.17. The van der Waals surface area contributed by atoms with E-state index >= 15 is 0 Å². The van der Waals surface area contributed by atoms with Crippen LogP contribution in [0.15, 0.2) is 12.1 Å². The van der Waals surface area contributed by atoms with Gasteiger partial charge in [0.2, 0.25) is 0 Å². The summed E-state index contributed by atoms with van der Waals surface area (Å²) >= 11 is 5.70. The summed E-state index contributed by atoms with van der Waals surface area (Å²) in [6, 6.07) is 2.62. The number of piperidine rings is 1. The van der Waals surface area contributed by atoms with E-state index in [9.17, 15) is 9.50 Å². The van der Waals surface area contributed by atoms with Crippen molar-refractivity contribution in [2.75, 3.05) is 13.1 Å². The molecule has 1 atom stereocenters. The summed E-state index contributed by atoms with van der Waals surface area (Å²) in [4.78, 5) is 0. The van der Waals surface area contributed by atoms with Crippen LogP contribution in [-0.4, -0.2) is 18.2 Å². The standard InChI is InChI=1S/C11H13ClFNO/c12-9-4-8(11(15)5-10(9)13)7-2-1-3-14-6-7/h4-5,7,14-15H,1-3,6H2. The highest BCUT2D eigenvalue weighted by Gasteiger charge is 2.19. The molecule has 2 rings (SSSR count). The van der Waals surface area contributed by atoms with Crippen LogP contribution in [0.5, 0.6) is 5.75 Å². The third-order valence-electron chi connectivity index (χ3n) is 2.81. The average Bonchev–Trinajstić information content (AvgIpc) is 2.25. The van der Waals surface area contributed by atoms with Gasteiger partial charge in [-0.3, -0.25) is 0 Å². The summed E-state index contributed by atoms with van der Waals surface area (Å²) in [6.45, 7) is 1.82. The molecule has 1 fully saturated rings. The van der Waals surface area contributed by atoms with Crippen LogP contribution in [0.25, 0.3) is 0 Å². The van der Waals surface area contributed by atoms with E-state index < -0.39 is 5.82 Å².